The Kier molecular flexibility index (Phi) is 4.24. The molecule has 20 heavy (non-hydrogen) atoms. The van der Waals surface area contributed by atoms with E-state index < -0.39 is 0 Å². The van der Waals surface area contributed by atoms with Crippen LogP contribution in [0.25, 0.3) is 0 Å². The van der Waals surface area contributed by atoms with Gasteiger partial charge in [-0.2, -0.15) is 0 Å². The van der Waals surface area contributed by atoms with Crippen molar-refractivity contribution >= 4 is 28.6 Å². The molecule has 0 saturated carbocycles. The van der Waals surface area contributed by atoms with Gasteiger partial charge in [0.15, 0.2) is 0 Å². The largest absolute Gasteiger partial charge is 0.376 e. The smallest absolute Gasteiger partial charge is 0.307 e. The molecule has 6 heteroatoms. The molecule has 1 N–H and O–H groups in total. The maximum atomic E-state index is 12.1. The van der Waals surface area contributed by atoms with Gasteiger partial charge in [0.05, 0.1) is 11.4 Å². The fraction of sp³-hybridized carbons (Fsp3) is 0.286. The number of anilines is 2. The molecule has 0 saturated heterocycles. The van der Waals surface area contributed by atoms with Gasteiger partial charge in [-0.25, -0.2) is 0 Å². The highest BCUT2D eigenvalue weighted by atomic mass is 32.1. The fourth-order valence-electron chi connectivity index (χ4n) is 1.90. The Morgan fingerprint density at radius 1 is 1.35 bits per heavy atom. The Balaban J connectivity index is 2.15. The minimum atomic E-state index is -0.206. The first-order chi connectivity index (χ1) is 9.49. The highest BCUT2D eigenvalue weighted by Gasteiger charge is 2.11. The Bertz CT molecular complexity index is 673. The average molecular weight is 291 g/mol. The SMILES string of the molecule is Cc1csc(=O)n1CC(=O)Nc1ccccc1N(C)C. The van der Waals surface area contributed by atoms with E-state index in [4.69, 9.17) is 0 Å². The zero-order valence-electron chi connectivity index (χ0n) is 11.7. The molecule has 0 spiro atoms. The van der Waals surface area contributed by atoms with E-state index >= 15 is 0 Å². The number of para-hydroxylation sites is 2. The number of nitrogens with zero attached hydrogens (tertiary/aromatic N) is 2. The van der Waals surface area contributed by atoms with Crippen molar-refractivity contribution in [2.45, 2.75) is 13.5 Å². The number of rotatable bonds is 4. The van der Waals surface area contributed by atoms with Crippen LogP contribution in [0.1, 0.15) is 5.69 Å². The molecular weight excluding hydrogens is 274 g/mol. The van der Waals surface area contributed by atoms with Crippen molar-refractivity contribution in [2.75, 3.05) is 24.3 Å². The van der Waals surface area contributed by atoms with Crippen LogP contribution in [0.5, 0.6) is 0 Å². The summed E-state index contributed by atoms with van der Waals surface area (Å²) in [5, 5.41) is 4.60. The van der Waals surface area contributed by atoms with Crippen LogP contribution in [0.2, 0.25) is 0 Å². The number of carbonyl (C=O) groups excluding carboxylic acids is 1. The number of hydrogen-bond acceptors (Lipinski definition) is 4. The van der Waals surface area contributed by atoms with Crippen molar-refractivity contribution in [3.05, 3.63) is 45.0 Å². The molecule has 0 aliphatic rings. The molecule has 2 aromatic rings. The van der Waals surface area contributed by atoms with Gasteiger partial charge in [0.1, 0.15) is 6.54 Å². The summed E-state index contributed by atoms with van der Waals surface area (Å²) in [6.07, 6.45) is 0. The number of carbonyl (C=O) groups is 1. The molecule has 1 heterocycles. The second-order valence-electron chi connectivity index (χ2n) is 4.69. The van der Waals surface area contributed by atoms with E-state index in [1.165, 1.54) is 4.57 Å². The highest BCUT2D eigenvalue weighted by Crippen LogP contribution is 2.23. The third-order valence-electron chi connectivity index (χ3n) is 2.94. The summed E-state index contributed by atoms with van der Waals surface area (Å²) in [4.78, 5) is 25.5. The Morgan fingerprint density at radius 3 is 2.65 bits per heavy atom. The minimum Gasteiger partial charge on any atom is -0.376 e. The van der Waals surface area contributed by atoms with Crippen molar-refractivity contribution in [1.82, 2.24) is 4.57 Å². The number of aryl methyl sites for hydroxylation is 1. The number of benzene rings is 1. The summed E-state index contributed by atoms with van der Waals surface area (Å²) in [7, 11) is 3.83. The van der Waals surface area contributed by atoms with Crippen LogP contribution in [0.3, 0.4) is 0 Å². The van der Waals surface area contributed by atoms with Crippen LogP contribution in [0.15, 0.2) is 34.4 Å². The number of amides is 1. The van der Waals surface area contributed by atoms with Gasteiger partial charge in [0, 0.05) is 25.2 Å². The third kappa shape index (κ3) is 3.08. The van der Waals surface area contributed by atoms with Crippen LogP contribution < -0.4 is 15.1 Å². The van der Waals surface area contributed by atoms with Crippen LogP contribution in [-0.2, 0) is 11.3 Å². The van der Waals surface area contributed by atoms with Gasteiger partial charge >= 0.3 is 4.87 Å². The topological polar surface area (TPSA) is 54.3 Å². The molecule has 0 unspecified atom stereocenters. The van der Waals surface area contributed by atoms with Gasteiger partial charge in [0.25, 0.3) is 0 Å². The molecular formula is C14H17N3O2S. The van der Waals surface area contributed by atoms with Gasteiger partial charge in [-0.15, -0.1) is 0 Å². The first-order valence-electron chi connectivity index (χ1n) is 6.20. The predicted octanol–water partition coefficient (Wildman–Crippen LogP) is 1.92. The summed E-state index contributed by atoms with van der Waals surface area (Å²) in [5.41, 5.74) is 2.47. The van der Waals surface area contributed by atoms with Crippen molar-refractivity contribution in [3.8, 4) is 0 Å². The summed E-state index contributed by atoms with van der Waals surface area (Å²) < 4.78 is 1.47. The Hall–Kier alpha value is -2.08. The van der Waals surface area contributed by atoms with E-state index in [-0.39, 0.29) is 17.3 Å². The molecule has 106 valence electrons. The quantitative estimate of drug-likeness (QED) is 0.936. The lowest BCUT2D eigenvalue weighted by Crippen LogP contribution is -2.26. The first kappa shape index (κ1) is 14.3. The first-order valence-corrected chi connectivity index (χ1v) is 7.08. The minimum absolute atomic E-state index is 0.0376. The van der Waals surface area contributed by atoms with E-state index in [1.54, 1.807) is 5.38 Å². The maximum absolute atomic E-state index is 12.1. The number of nitrogens with one attached hydrogen (secondary N) is 1. The Morgan fingerprint density at radius 2 is 2.05 bits per heavy atom. The van der Waals surface area contributed by atoms with E-state index in [1.807, 2.05) is 50.2 Å². The van der Waals surface area contributed by atoms with Crippen molar-refractivity contribution in [2.24, 2.45) is 0 Å². The molecule has 0 atom stereocenters. The van der Waals surface area contributed by atoms with Gasteiger partial charge in [-0.1, -0.05) is 23.5 Å². The molecule has 0 bridgehead atoms. The van der Waals surface area contributed by atoms with Crippen molar-refractivity contribution in [1.29, 1.82) is 0 Å². The zero-order valence-corrected chi connectivity index (χ0v) is 12.5. The third-order valence-corrected chi connectivity index (χ3v) is 3.82. The van der Waals surface area contributed by atoms with Gasteiger partial charge in [-0.05, 0) is 19.1 Å². The molecule has 0 fully saturated rings. The monoisotopic (exact) mass is 291 g/mol. The molecule has 2 rings (SSSR count). The molecule has 1 aromatic carbocycles. The molecule has 1 amide bonds. The molecule has 0 aliphatic carbocycles. The standard InChI is InChI=1S/C14H17N3O2S/c1-10-9-20-14(19)17(10)8-13(18)15-11-6-4-5-7-12(11)16(2)3/h4-7,9H,8H2,1-3H3,(H,15,18). The number of hydrogen-bond donors (Lipinski definition) is 1. The van der Waals surface area contributed by atoms with E-state index in [2.05, 4.69) is 5.32 Å². The van der Waals surface area contributed by atoms with Crippen LogP contribution >= 0.6 is 11.3 Å². The molecule has 5 nitrogen and oxygen atoms in total. The lowest BCUT2D eigenvalue weighted by molar-refractivity contribution is -0.116. The van der Waals surface area contributed by atoms with Crippen LogP contribution in [-0.4, -0.2) is 24.6 Å². The summed E-state index contributed by atoms with van der Waals surface area (Å²) in [5.74, 6) is -0.206. The van der Waals surface area contributed by atoms with Crippen LogP contribution in [0, 0.1) is 6.92 Å². The zero-order chi connectivity index (χ0) is 14.7. The van der Waals surface area contributed by atoms with Gasteiger partial charge in [-0.3, -0.25) is 14.2 Å². The van der Waals surface area contributed by atoms with E-state index in [0.29, 0.717) is 0 Å². The molecule has 0 radical (unpaired) electrons. The molecule has 0 aliphatic heterocycles. The summed E-state index contributed by atoms with van der Waals surface area (Å²) in [6, 6.07) is 7.55. The van der Waals surface area contributed by atoms with Crippen molar-refractivity contribution in [3.63, 3.8) is 0 Å². The highest BCUT2D eigenvalue weighted by molar-refractivity contribution is 7.07. The lowest BCUT2D eigenvalue weighted by atomic mass is 10.2. The van der Waals surface area contributed by atoms with Gasteiger partial charge in [0.2, 0.25) is 5.91 Å². The van der Waals surface area contributed by atoms with Crippen LogP contribution in [0.4, 0.5) is 11.4 Å². The maximum Gasteiger partial charge on any atom is 0.307 e. The second-order valence-corrected chi connectivity index (χ2v) is 5.51. The van der Waals surface area contributed by atoms with E-state index in [0.717, 1.165) is 28.4 Å². The summed E-state index contributed by atoms with van der Waals surface area (Å²) >= 11 is 1.11. The van der Waals surface area contributed by atoms with E-state index in [9.17, 15) is 9.59 Å². The molecule has 1 aromatic heterocycles. The Labute approximate surface area is 121 Å². The summed E-state index contributed by atoms with van der Waals surface area (Å²) in [6.45, 7) is 1.86. The lowest BCUT2D eigenvalue weighted by Gasteiger charge is -2.17. The number of thiazole rings is 1. The van der Waals surface area contributed by atoms with Gasteiger partial charge < -0.3 is 10.2 Å². The number of aromatic nitrogens is 1. The second kappa shape index (κ2) is 5.92. The average Bonchev–Trinajstić information content (AvgIpc) is 2.71. The fourth-order valence-corrected chi connectivity index (χ4v) is 2.63. The van der Waals surface area contributed by atoms with Crippen molar-refractivity contribution < 1.29 is 4.79 Å². The predicted molar refractivity (Wildman–Crippen MR) is 82.7 cm³/mol. The normalized spacial score (nSPS) is 10.3.